The SMILES string of the molecule is CNNC(=O)c1ccc(S(=O)(=O)C(C)C)cc1. The quantitative estimate of drug-likeness (QED) is 0.779. The molecule has 0 aromatic heterocycles. The second-order valence-corrected chi connectivity index (χ2v) is 6.33. The number of sulfone groups is 1. The van der Waals surface area contributed by atoms with Gasteiger partial charge in [0, 0.05) is 12.6 Å². The van der Waals surface area contributed by atoms with Gasteiger partial charge in [0.1, 0.15) is 0 Å². The van der Waals surface area contributed by atoms with Gasteiger partial charge >= 0.3 is 0 Å². The smallest absolute Gasteiger partial charge is 0.265 e. The van der Waals surface area contributed by atoms with Crippen LogP contribution in [0.5, 0.6) is 0 Å². The Kier molecular flexibility index (Phi) is 4.25. The summed E-state index contributed by atoms with van der Waals surface area (Å²) in [4.78, 5) is 11.6. The summed E-state index contributed by atoms with van der Waals surface area (Å²) in [5, 5.41) is -0.473. The molecule has 0 saturated heterocycles. The molecule has 0 aliphatic rings. The molecule has 94 valence electrons. The van der Waals surface area contributed by atoms with Gasteiger partial charge in [-0.25, -0.2) is 13.8 Å². The maximum atomic E-state index is 11.8. The summed E-state index contributed by atoms with van der Waals surface area (Å²) in [5.74, 6) is -0.305. The lowest BCUT2D eigenvalue weighted by atomic mass is 10.2. The third kappa shape index (κ3) is 3.04. The fourth-order valence-corrected chi connectivity index (χ4v) is 2.31. The zero-order chi connectivity index (χ0) is 13.1. The Labute approximate surface area is 101 Å². The first kappa shape index (κ1) is 13.7. The number of amides is 1. The number of rotatable bonds is 4. The molecule has 0 saturated carbocycles. The second kappa shape index (κ2) is 5.29. The highest BCUT2D eigenvalue weighted by Crippen LogP contribution is 2.16. The second-order valence-electron chi connectivity index (χ2n) is 3.82. The Bertz CT molecular complexity index is 492. The average Bonchev–Trinajstić information content (AvgIpc) is 2.29. The molecule has 0 heterocycles. The van der Waals surface area contributed by atoms with Gasteiger partial charge in [-0.15, -0.1) is 0 Å². The topological polar surface area (TPSA) is 75.3 Å². The maximum Gasteiger partial charge on any atom is 0.265 e. The van der Waals surface area contributed by atoms with Crippen molar-refractivity contribution in [3.05, 3.63) is 29.8 Å². The number of carbonyl (C=O) groups excluding carboxylic acids is 1. The molecular formula is C11H16N2O3S. The van der Waals surface area contributed by atoms with Gasteiger partial charge in [0.15, 0.2) is 9.84 Å². The summed E-state index contributed by atoms with van der Waals surface area (Å²) >= 11 is 0. The molecule has 1 amide bonds. The lowest BCUT2D eigenvalue weighted by Crippen LogP contribution is -2.34. The van der Waals surface area contributed by atoms with E-state index in [0.29, 0.717) is 5.56 Å². The largest absolute Gasteiger partial charge is 0.288 e. The molecule has 1 rings (SSSR count). The molecule has 1 aromatic rings. The van der Waals surface area contributed by atoms with E-state index in [-0.39, 0.29) is 10.8 Å². The van der Waals surface area contributed by atoms with Gasteiger partial charge in [-0.2, -0.15) is 0 Å². The minimum atomic E-state index is -3.28. The fraction of sp³-hybridized carbons (Fsp3) is 0.364. The third-order valence-electron chi connectivity index (χ3n) is 2.30. The normalized spacial score (nSPS) is 11.5. The summed E-state index contributed by atoms with van der Waals surface area (Å²) in [6.45, 7) is 3.24. The van der Waals surface area contributed by atoms with Gasteiger partial charge in [-0.05, 0) is 38.1 Å². The summed E-state index contributed by atoms with van der Waals surface area (Å²) in [6, 6.07) is 5.86. The Hall–Kier alpha value is -1.40. The van der Waals surface area contributed by atoms with Crippen LogP contribution in [-0.2, 0) is 9.84 Å². The van der Waals surface area contributed by atoms with Crippen molar-refractivity contribution in [1.29, 1.82) is 0 Å². The Morgan fingerprint density at radius 3 is 2.12 bits per heavy atom. The fourth-order valence-electron chi connectivity index (χ4n) is 1.25. The average molecular weight is 256 g/mol. The van der Waals surface area contributed by atoms with Crippen molar-refractivity contribution in [2.24, 2.45) is 0 Å². The lowest BCUT2D eigenvalue weighted by molar-refractivity contribution is 0.0938. The van der Waals surface area contributed by atoms with E-state index in [4.69, 9.17) is 0 Å². The first-order valence-electron chi connectivity index (χ1n) is 5.20. The summed E-state index contributed by atoms with van der Waals surface area (Å²) in [5.41, 5.74) is 5.32. The van der Waals surface area contributed by atoms with Crippen LogP contribution in [-0.4, -0.2) is 26.6 Å². The molecule has 0 bridgehead atoms. The molecule has 0 spiro atoms. The summed E-state index contributed by atoms with van der Waals surface area (Å²) in [7, 11) is -1.70. The van der Waals surface area contributed by atoms with Crippen molar-refractivity contribution in [2.45, 2.75) is 24.0 Å². The molecule has 0 aliphatic carbocycles. The van der Waals surface area contributed by atoms with Crippen LogP contribution in [0.1, 0.15) is 24.2 Å². The van der Waals surface area contributed by atoms with Crippen molar-refractivity contribution >= 4 is 15.7 Å². The van der Waals surface area contributed by atoms with Crippen LogP contribution in [0.2, 0.25) is 0 Å². The van der Waals surface area contributed by atoms with Crippen LogP contribution in [0.15, 0.2) is 29.2 Å². The van der Waals surface area contributed by atoms with E-state index in [0.717, 1.165) is 0 Å². The molecule has 0 fully saturated rings. The van der Waals surface area contributed by atoms with Crippen LogP contribution in [0.25, 0.3) is 0 Å². The molecule has 0 unspecified atom stereocenters. The first-order valence-corrected chi connectivity index (χ1v) is 6.75. The van der Waals surface area contributed by atoms with E-state index in [1.165, 1.54) is 24.3 Å². The van der Waals surface area contributed by atoms with Crippen molar-refractivity contribution in [3.8, 4) is 0 Å². The molecule has 5 nitrogen and oxygen atoms in total. The number of benzene rings is 1. The van der Waals surface area contributed by atoms with Crippen LogP contribution in [0.3, 0.4) is 0 Å². The molecule has 0 radical (unpaired) electrons. The van der Waals surface area contributed by atoms with Gasteiger partial charge in [0.25, 0.3) is 5.91 Å². The predicted octanol–water partition coefficient (Wildman–Crippen LogP) is 0.733. The van der Waals surface area contributed by atoms with Crippen LogP contribution in [0.4, 0.5) is 0 Å². The first-order chi connectivity index (χ1) is 7.89. The molecule has 6 heteroatoms. The molecule has 1 aromatic carbocycles. The number of hydrogen-bond donors (Lipinski definition) is 2. The molecule has 0 aliphatic heterocycles. The van der Waals surface area contributed by atoms with Gasteiger partial charge in [-0.1, -0.05) is 0 Å². The minimum absolute atomic E-state index is 0.230. The van der Waals surface area contributed by atoms with E-state index in [1.807, 2.05) is 0 Å². The molecular weight excluding hydrogens is 240 g/mol. The minimum Gasteiger partial charge on any atom is -0.288 e. The standard InChI is InChI=1S/C11H16N2O3S/c1-8(2)17(15,16)10-6-4-9(5-7-10)11(14)13-12-3/h4-8,12H,1-3H3,(H,13,14). The van der Waals surface area contributed by atoms with Crippen LogP contribution >= 0.6 is 0 Å². The number of carbonyl (C=O) groups is 1. The lowest BCUT2D eigenvalue weighted by Gasteiger charge is -2.08. The van der Waals surface area contributed by atoms with Gasteiger partial charge < -0.3 is 0 Å². The van der Waals surface area contributed by atoms with E-state index < -0.39 is 15.1 Å². The number of hydrogen-bond acceptors (Lipinski definition) is 4. The van der Waals surface area contributed by atoms with E-state index in [2.05, 4.69) is 10.9 Å². The van der Waals surface area contributed by atoms with Gasteiger partial charge in [0.2, 0.25) is 0 Å². The Balaban J connectivity index is 3.01. The maximum absolute atomic E-state index is 11.8. The van der Waals surface area contributed by atoms with Crippen LogP contribution < -0.4 is 10.9 Å². The van der Waals surface area contributed by atoms with E-state index in [1.54, 1.807) is 20.9 Å². The Morgan fingerprint density at radius 2 is 1.71 bits per heavy atom. The monoisotopic (exact) mass is 256 g/mol. The van der Waals surface area contributed by atoms with Gasteiger partial charge in [0.05, 0.1) is 10.1 Å². The zero-order valence-electron chi connectivity index (χ0n) is 10.0. The van der Waals surface area contributed by atoms with Crippen molar-refractivity contribution in [3.63, 3.8) is 0 Å². The molecule has 17 heavy (non-hydrogen) atoms. The van der Waals surface area contributed by atoms with Crippen molar-refractivity contribution < 1.29 is 13.2 Å². The van der Waals surface area contributed by atoms with Crippen molar-refractivity contribution in [1.82, 2.24) is 10.9 Å². The van der Waals surface area contributed by atoms with E-state index >= 15 is 0 Å². The van der Waals surface area contributed by atoms with Gasteiger partial charge in [-0.3, -0.25) is 10.2 Å². The molecule has 2 N–H and O–H groups in total. The third-order valence-corrected chi connectivity index (χ3v) is 4.47. The highest BCUT2D eigenvalue weighted by molar-refractivity contribution is 7.92. The number of nitrogens with one attached hydrogen (secondary N) is 2. The zero-order valence-corrected chi connectivity index (χ0v) is 10.8. The van der Waals surface area contributed by atoms with E-state index in [9.17, 15) is 13.2 Å². The highest BCUT2D eigenvalue weighted by Gasteiger charge is 2.19. The van der Waals surface area contributed by atoms with Crippen LogP contribution in [0, 0.1) is 0 Å². The molecule has 0 atom stereocenters. The highest BCUT2D eigenvalue weighted by atomic mass is 32.2. The Morgan fingerprint density at radius 1 is 1.18 bits per heavy atom. The number of hydrazine groups is 1. The van der Waals surface area contributed by atoms with Crippen molar-refractivity contribution in [2.75, 3.05) is 7.05 Å². The summed E-state index contributed by atoms with van der Waals surface area (Å²) in [6.07, 6.45) is 0. The summed E-state index contributed by atoms with van der Waals surface area (Å²) < 4.78 is 23.7. The predicted molar refractivity (Wildman–Crippen MR) is 65.3 cm³/mol.